The van der Waals surface area contributed by atoms with Crippen LogP contribution in [0.15, 0.2) is 30.3 Å². The molecule has 0 atom stereocenters. The van der Waals surface area contributed by atoms with Gasteiger partial charge in [-0.1, -0.05) is 24.3 Å². The van der Waals surface area contributed by atoms with Crippen LogP contribution in [0.25, 0.3) is 10.8 Å². The number of fused-ring (bicyclic) bond motifs is 3. The average molecular weight is 241 g/mol. The van der Waals surface area contributed by atoms with Gasteiger partial charge in [0.1, 0.15) is 0 Å². The van der Waals surface area contributed by atoms with Gasteiger partial charge >= 0.3 is 11.9 Å². The third kappa shape index (κ3) is 1.32. The van der Waals surface area contributed by atoms with Crippen molar-refractivity contribution < 1.29 is 14.3 Å². The first kappa shape index (κ1) is 10.8. The monoisotopic (exact) mass is 241 g/mol. The molecule has 2 aromatic rings. The maximum atomic E-state index is 11.7. The summed E-state index contributed by atoms with van der Waals surface area (Å²) in [6, 6.07) is 9.23. The van der Waals surface area contributed by atoms with Gasteiger partial charge in [-0.05, 0) is 11.5 Å². The van der Waals surface area contributed by atoms with Crippen molar-refractivity contribution in [2.45, 2.75) is 0 Å². The van der Waals surface area contributed by atoms with Crippen LogP contribution >= 0.6 is 0 Å². The second-order valence-corrected chi connectivity index (χ2v) is 4.44. The summed E-state index contributed by atoms with van der Waals surface area (Å²) in [6.07, 6.45) is 0. The summed E-state index contributed by atoms with van der Waals surface area (Å²) in [5, 5.41) is 1.70. The number of nitrogens with zero attached hydrogens (tertiary/aromatic N) is 1. The summed E-state index contributed by atoms with van der Waals surface area (Å²) in [6.45, 7) is 0. The Labute approximate surface area is 104 Å². The van der Waals surface area contributed by atoms with E-state index in [1.165, 1.54) is 0 Å². The number of carbonyl (C=O) groups is 2. The summed E-state index contributed by atoms with van der Waals surface area (Å²) in [7, 11) is 3.80. The predicted molar refractivity (Wildman–Crippen MR) is 68.0 cm³/mol. The first-order valence-corrected chi connectivity index (χ1v) is 5.59. The fraction of sp³-hybridized carbons (Fsp3) is 0.143. The first-order valence-electron chi connectivity index (χ1n) is 5.59. The molecule has 1 aliphatic rings. The van der Waals surface area contributed by atoms with Crippen molar-refractivity contribution in [3.8, 4) is 0 Å². The van der Waals surface area contributed by atoms with Crippen molar-refractivity contribution in [3.05, 3.63) is 41.5 Å². The zero-order valence-electron chi connectivity index (χ0n) is 10.1. The highest BCUT2D eigenvalue weighted by molar-refractivity contribution is 6.23. The molecule has 0 N–H and O–H groups in total. The van der Waals surface area contributed by atoms with Crippen molar-refractivity contribution in [1.82, 2.24) is 0 Å². The van der Waals surface area contributed by atoms with Gasteiger partial charge in [0.25, 0.3) is 0 Å². The van der Waals surface area contributed by atoms with Crippen LogP contribution in [0, 0.1) is 0 Å². The maximum absolute atomic E-state index is 11.7. The van der Waals surface area contributed by atoms with Crippen molar-refractivity contribution in [3.63, 3.8) is 0 Å². The quantitative estimate of drug-likeness (QED) is 0.567. The van der Waals surface area contributed by atoms with Crippen LogP contribution in [0.2, 0.25) is 0 Å². The first-order chi connectivity index (χ1) is 8.59. The van der Waals surface area contributed by atoms with Crippen molar-refractivity contribution >= 4 is 28.4 Å². The lowest BCUT2D eigenvalue weighted by molar-refractivity contribution is 0.0444. The number of carbonyl (C=O) groups excluding carboxylic acids is 2. The highest BCUT2D eigenvalue weighted by atomic mass is 16.6. The third-order valence-electron chi connectivity index (χ3n) is 3.11. The Morgan fingerprint density at radius 2 is 1.67 bits per heavy atom. The lowest BCUT2D eigenvalue weighted by Crippen LogP contribution is -2.10. The SMILES string of the molecule is CN(C)c1cc2c(c3ccccc13)C(=O)OC2=O. The number of anilines is 1. The fourth-order valence-electron chi connectivity index (χ4n) is 2.30. The normalized spacial score (nSPS) is 13.7. The number of benzene rings is 2. The highest BCUT2D eigenvalue weighted by Crippen LogP contribution is 2.35. The van der Waals surface area contributed by atoms with E-state index in [1.54, 1.807) is 6.07 Å². The van der Waals surface area contributed by atoms with Gasteiger partial charge in [-0.3, -0.25) is 0 Å². The summed E-state index contributed by atoms with van der Waals surface area (Å²) >= 11 is 0. The molecule has 18 heavy (non-hydrogen) atoms. The number of ether oxygens (including phenoxy) is 1. The Balaban J connectivity index is 2.48. The molecular formula is C14H11NO3. The molecule has 0 saturated heterocycles. The van der Waals surface area contributed by atoms with Crippen LogP contribution in [0.1, 0.15) is 20.7 Å². The molecule has 1 aliphatic heterocycles. The van der Waals surface area contributed by atoms with Gasteiger partial charge in [0.2, 0.25) is 0 Å². The van der Waals surface area contributed by atoms with E-state index in [0.29, 0.717) is 11.1 Å². The summed E-state index contributed by atoms with van der Waals surface area (Å²) in [4.78, 5) is 25.3. The second-order valence-electron chi connectivity index (χ2n) is 4.44. The Morgan fingerprint density at radius 1 is 1.00 bits per heavy atom. The van der Waals surface area contributed by atoms with E-state index in [9.17, 15) is 9.59 Å². The Hall–Kier alpha value is -2.36. The van der Waals surface area contributed by atoms with Crippen LogP contribution in [0.5, 0.6) is 0 Å². The molecule has 0 aromatic heterocycles. The number of hydrogen-bond acceptors (Lipinski definition) is 4. The van der Waals surface area contributed by atoms with E-state index in [0.717, 1.165) is 16.5 Å². The lowest BCUT2D eigenvalue weighted by atomic mass is 9.98. The van der Waals surface area contributed by atoms with Crippen molar-refractivity contribution in [2.75, 3.05) is 19.0 Å². The number of esters is 2. The van der Waals surface area contributed by atoms with Gasteiger partial charge in [0.15, 0.2) is 0 Å². The van der Waals surface area contributed by atoms with E-state index < -0.39 is 11.9 Å². The summed E-state index contributed by atoms with van der Waals surface area (Å²) in [5.74, 6) is -1.12. The molecule has 2 aromatic carbocycles. The molecule has 0 bridgehead atoms. The minimum atomic E-state index is -0.566. The lowest BCUT2D eigenvalue weighted by Gasteiger charge is -2.16. The minimum absolute atomic E-state index is 0.349. The molecule has 0 fully saturated rings. The molecule has 4 nitrogen and oxygen atoms in total. The van der Waals surface area contributed by atoms with Crippen molar-refractivity contribution in [2.24, 2.45) is 0 Å². The molecule has 4 heteroatoms. The van der Waals surface area contributed by atoms with Gasteiger partial charge in [-0.25, -0.2) is 9.59 Å². The molecule has 90 valence electrons. The highest BCUT2D eigenvalue weighted by Gasteiger charge is 2.32. The molecule has 0 amide bonds. The standard InChI is InChI=1S/C14H11NO3/c1-15(2)11-7-10-12(14(17)18-13(10)16)9-6-4-3-5-8(9)11/h3-7H,1-2H3. The van der Waals surface area contributed by atoms with Crippen molar-refractivity contribution in [1.29, 1.82) is 0 Å². The molecule has 0 aliphatic carbocycles. The zero-order chi connectivity index (χ0) is 12.9. The predicted octanol–water partition coefficient (Wildman–Crippen LogP) is 2.22. The Bertz CT molecular complexity index is 689. The summed E-state index contributed by atoms with van der Waals surface area (Å²) < 4.78 is 4.68. The van der Waals surface area contributed by atoms with Gasteiger partial charge in [-0.2, -0.15) is 0 Å². The van der Waals surface area contributed by atoms with E-state index in [1.807, 2.05) is 43.3 Å². The zero-order valence-corrected chi connectivity index (χ0v) is 10.1. The van der Waals surface area contributed by atoms with Crippen LogP contribution in [-0.4, -0.2) is 26.0 Å². The van der Waals surface area contributed by atoms with E-state index >= 15 is 0 Å². The number of cyclic esters (lactones) is 2. The largest absolute Gasteiger partial charge is 0.386 e. The second kappa shape index (κ2) is 3.57. The van der Waals surface area contributed by atoms with E-state index in [-0.39, 0.29) is 0 Å². The molecule has 3 rings (SSSR count). The average Bonchev–Trinajstić information content (AvgIpc) is 2.64. The van der Waals surface area contributed by atoms with E-state index in [4.69, 9.17) is 0 Å². The van der Waals surface area contributed by atoms with Crippen LogP contribution in [-0.2, 0) is 4.74 Å². The number of hydrogen-bond donors (Lipinski definition) is 0. The van der Waals surface area contributed by atoms with Gasteiger partial charge in [0.05, 0.1) is 11.1 Å². The van der Waals surface area contributed by atoms with Gasteiger partial charge in [0, 0.05) is 25.2 Å². The minimum Gasteiger partial charge on any atom is -0.386 e. The topological polar surface area (TPSA) is 46.6 Å². The third-order valence-corrected chi connectivity index (χ3v) is 3.11. The molecule has 0 spiro atoms. The smallest absolute Gasteiger partial charge is 0.347 e. The fourth-order valence-corrected chi connectivity index (χ4v) is 2.30. The summed E-state index contributed by atoms with van der Waals surface area (Å²) in [5.41, 5.74) is 1.62. The number of rotatable bonds is 1. The van der Waals surface area contributed by atoms with Crippen LogP contribution < -0.4 is 4.90 Å². The molecular weight excluding hydrogens is 230 g/mol. The van der Waals surface area contributed by atoms with Crippen LogP contribution in [0.3, 0.4) is 0 Å². The van der Waals surface area contributed by atoms with E-state index in [2.05, 4.69) is 4.74 Å². The van der Waals surface area contributed by atoms with Crippen LogP contribution in [0.4, 0.5) is 5.69 Å². The Kier molecular flexibility index (Phi) is 2.13. The molecule has 0 radical (unpaired) electrons. The molecule has 0 unspecified atom stereocenters. The molecule has 0 saturated carbocycles. The molecule has 1 heterocycles. The maximum Gasteiger partial charge on any atom is 0.347 e. The van der Waals surface area contributed by atoms with Gasteiger partial charge in [-0.15, -0.1) is 0 Å². The Morgan fingerprint density at radius 3 is 2.33 bits per heavy atom. The van der Waals surface area contributed by atoms with Gasteiger partial charge < -0.3 is 9.64 Å².